The second-order valence-corrected chi connectivity index (χ2v) is 1.99. The van der Waals surface area contributed by atoms with Crippen LogP contribution in [0.1, 0.15) is 6.42 Å². The van der Waals surface area contributed by atoms with E-state index < -0.39 is 0 Å². The molecule has 0 fully saturated rings. The van der Waals surface area contributed by atoms with Gasteiger partial charge in [-0.1, -0.05) is 0 Å². The molecule has 0 bridgehead atoms. The van der Waals surface area contributed by atoms with Crippen molar-refractivity contribution in [3.05, 3.63) is 12.7 Å². The average Bonchev–Trinajstić information content (AvgIpc) is 1.98. The third-order valence-electron chi connectivity index (χ3n) is 0.786. The summed E-state index contributed by atoms with van der Waals surface area (Å²) in [4.78, 5) is 10.4. The molecular weight excluding hydrogens is 149 g/mol. The van der Waals surface area contributed by atoms with E-state index in [2.05, 4.69) is 17.5 Å². The molecule has 0 atom stereocenters. The van der Waals surface area contributed by atoms with E-state index in [-0.39, 0.29) is 13.8 Å². The van der Waals surface area contributed by atoms with Crippen LogP contribution in [0.3, 0.4) is 0 Å². The molecule has 1 amide bonds. The van der Waals surface area contributed by atoms with Gasteiger partial charge < -0.3 is 0 Å². The van der Waals surface area contributed by atoms with Crippen LogP contribution in [0.5, 0.6) is 0 Å². The zero-order valence-corrected chi connectivity index (χ0v) is 6.36. The van der Waals surface area contributed by atoms with Crippen molar-refractivity contribution < 1.29 is 9.36 Å². The van der Waals surface area contributed by atoms with Crippen LogP contribution >= 0.6 is 7.92 Å². The van der Waals surface area contributed by atoms with E-state index in [1.807, 2.05) is 0 Å². The standard InChI is InChI=1S/C6H8NO2P/c1-2-6(8)7-4-3-5-10-9/h2H,1,3-4H2,(H,7,8). The molecule has 0 rings (SSSR count). The van der Waals surface area contributed by atoms with E-state index >= 15 is 0 Å². The van der Waals surface area contributed by atoms with Gasteiger partial charge in [-0.2, -0.15) is 0 Å². The number of carbonyl (C=O) groups excluding carboxylic acids is 1. The molecular formula is C6H8NO2P. The van der Waals surface area contributed by atoms with Crippen molar-refractivity contribution in [1.29, 1.82) is 0 Å². The normalized spacial score (nSPS) is 7.60. The maximum atomic E-state index is 10.4. The fourth-order valence-electron chi connectivity index (χ4n) is 0.359. The van der Waals surface area contributed by atoms with Gasteiger partial charge in [0.1, 0.15) is 0 Å². The van der Waals surface area contributed by atoms with Crippen LogP contribution in [0.15, 0.2) is 12.7 Å². The molecule has 0 radical (unpaired) electrons. The molecule has 0 aromatic heterocycles. The predicted octanol–water partition coefficient (Wildman–Crippen LogP) is 0.930. The van der Waals surface area contributed by atoms with Gasteiger partial charge in [0, 0.05) is 0 Å². The topological polar surface area (TPSA) is 46.2 Å². The molecule has 0 unspecified atom stereocenters. The summed E-state index contributed by atoms with van der Waals surface area (Å²) in [5.74, 6) is -0.218. The molecule has 0 aromatic rings. The minimum atomic E-state index is -0.218. The van der Waals surface area contributed by atoms with Gasteiger partial charge in [-0.3, -0.25) is 0 Å². The van der Waals surface area contributed by atoms with Crippen molar-refractivity contribution in [3.8, 4) is 5.63 Å². The average molecular weight is 157 g/mol. The van der Waals surface area contributed by atoms with Crippen LogP contribution in [0.2, 0.25) is 0 Å². The van der Waals surface area contributed by atoms with Gasteiger partial charge in [0.25, 0.3) is 0 Å². The SMILES string of the molecule is C=CC(=O)NCCC#P=O. The Morgan fingerprint density at radius 2 is 2.50 bits per heavy atom. The molecule has 0 aliphatic carbocycles. The minimum absolute atomic E-state index is 0.116. The molecule has 0 aliphatic rings. The third kappa shape index (κ3) is 5.36. The zero-order chi connectivity index (χ0) is 7.82. The predicted molar refractivity (Wildman–Crippen MR) is 39.3 cm³/mol. The first-order valence-electron chi connectivity index (χ1n) is 2.76. The molecule has 4 heteroatoms. The van der Waals surface area contributed by atoms with E-state index in [4.69, 9.17) is 0 Å². The van der Waals surface area contributed by atoms with Crippen LogP contribution in [0.25, 0.3) is 0 Å². The Balaban J connectivity index is 3.33. The third-order valence-corrected chi connectivity index (χ3v) is 1.14. The maximum absolute atomic E-state index is 10.4. The molecule has 10 heavy (non-hydrogen) atoms. The molecule has 0 aromatic carbocycles. The van der Waals surface area contributed by atoms with Gasteiger partial charge in [-0.15, -0.1) is 0 Å². The number of hydrogen-bond acceptors (Lipinski definition) is 2. The van der Waals surface area contributed by atoms with Crippen molar-refractivity contribution in [2.75, 3.05) is 6.54 Å². The summed E-state index contributed by atoms with van der Waals surface area (Å²) < 4.78 is 9.77. The quantitative estimate of drug-likeness (QED) is 0.376. The Morgan fingerprint density at radius 1 is 1.80 bits per heavy atom. The van der Waals surface area contributed by atoms with Crippen LogP contribution in [-0.4, -0.2) is 12.5 Å². The summed E-state index contributed by atoms with van der Waals surface area (Å²) in [6.45, 7) is 3.72. The Hall–Kier alpha value is -0.780. The van der Waals surface area contributed by atoms with E-state index in [9.17, 15) is 9.36 Å². The Labute approximate surface area is 60.6 Å². The van der Waals surface area contributed by atoms with Crippen LogP contribution in [0.4, 0.5) is 0 Å². The number of nitrogens with one attached hydrogen (secondary N) is 1. The van der Waals surface area contributed by atoms with E-state index in [0.717, 1.165) is 0 Å². The number of rotatable bonds is 3. The molecule has 3 nitrogen and oxygen atoms in total. The molecule has 0 aliphatic heterocycles. The van der Waals surface area contributed by atoms with Crippen molar-refractivity contribution in [1.82, 2.24) is 5.32 Å². The summed E-state index contributed by atoms with van der Waals surface area (Å²) in [6.07, 6.45) is 1.68. The van der Waals surface area contributed by atoms with Crippen molar-refractivity contribution in [2.45, 2.75) is 6.42 Å². The Morgan fingerprint density at radius 3 is 3.00 bits per heavy atom. The van der Waals surface area contributed by atoms with Crippen LogP contribution in [0, 0.1) is 5.63 Å². The van der Waals surface area contributed by atoms with Crippen LogP contribution < -0.4 is 5.32 Å². The van der Waals surface area contributed by atoms with E-state index in [1.54, 1.807) is 0 Å². The van der Waals surface area contributed by atoms with Crippen molar-refractivity contribution in [3.63, 3.8) is 0 Å². The van der Waals surface area contributed by atoms with Gasteiger partial charge in [0.15, 0.2) is 0 Å². The van der Waals surface area contributed by atoms with Crippen LogP contribution in [-0.2, 0) is 9.36 Å². The summed E-state index contributed by atoms with van der Waals surface area (Å²) in [6, 6.07) is 0. The number of carbonyl (C=O) groups is 1. The second kappa shape index (κ2) is 6.34. The van der Waals surface area contributed by atoms with Gasteiger partial charge in [0.05, 0.1) is 0 Å². The molecule has 0 spiro atoms. The molecule has 0 heterocycles. The van der Waals surface area contributed by atoms with E-state index in [0.29, 0.717) is 13.0 Å². The summed E-state index contributed by atoms with van der Waals surface area (Å²) in [7, 11) is -0.116. The monoisotopic (exact) mass is 157 g/mol. The Kier molecular flexibility index (Phi) is 5.85. The molecule has 1 N–H and O–H groups in total. The molecule has 54 valence electrons. The molecule has 0 saturated heterocycles. The van der Waals surface area contributed by atoms with Crippen molar-refractivity contribution >= 4 is 13.8 Å². The fraction of sp³-hybridized carbons (Fsp3) is 0.333. The van der Waals surface area contributed by atoms with Gasteiger partial charge in [-0.05, 0) is 0 Å². The molecule has 0 saturated carbocycles. The second-order valence-electron chi connectivity index (χ2n) is 1.49. The summed E-state index contributed by atoms with van der Waals surface area (Å²) in [5, 5.41) is 2.50. The number of hydrogen-bond donors (Lipinski definition) is 1. The first-order chi connectivity index (χ1) is 4.81. The fourth-order valence-corrected chi connectivity index (χ4v) is 0.563. The van der Waals surface area contributed by atoms with Gasteiger partial charge >= 0.3 is 59.7 Å². The van der Waals surface area contributed by atoms with Gasteiger partial charge in [0.2, 0.25) is 0 Å². The zero-order valence-electron chi connectivity index (χ0n) is 5.46. The van der Waals surface area contributed by atoms with Gasteiger partial charge in [-0.25, -0.2) is 0 Å². The summed E-state index contributed by atoms with van der Waals surface area (Å²) >= 11 is 0. The first-order valence-corrected chi connectivity index (χ1v) is 3.58. The number of amides is 1. The van der Waals surface area contributed by atoms with Crippen molar-refractivity contribution in [2.24, 2.45) is 0 Å². The van der Waals surface area contributed by atoms with E-state index in [1.165, 1.54) is 6.08 Å². The first kappa shape index (κ1) is 9.22. The summed E-state index contributed by atoms with van der Waals surface area (Å²) in [5.41, 5.74) is 2.50. The Bertz CT molecular complexity index is 217.